The van der Waals surface area contributed by atoms with Crippen molar-refractivity contribution in [2.45, 2.75) is 31.7 Å². The molecule has 11 heteroatoms. The largest absolute Gasteiger partial charge is 0.448 e. The lowest BCUT2D eigenvalue weighted by Crippen LogP contribution is -2.49. The predicted molar refractivity (Wildman–Crippen MR) is 86.1 cm³/mol. The number of hydrogen-bond donors (Lipinski definition) is 0. The van der Waals surface area contributed by atoms with Crippen LogP contribution in [0.15, 0.2) is 6.20 Å². The molecule has 2 aliphatic rings. The number of rotatable bonds is 6. The number of hydrogen-bond acceptors (Lipinski definition) is 6. The van der Waals surface area contributed by atoms with Gasteiger partial charge in [0.25, 0.3) is 6.43 Å². The Hall–Kier alpha value is -2.30. The molecular formula is C15H21F2N5O4. The fourth-order valence-electron chi connectivity index (χ4n) is 3.20. The third kappa shape index (κ3) is 4.09. The summed E-state index contributed by atoms with van der Waals surface area (Å²) >= 11 is 0. The molecule has 0 bridgehead atoms. The van der Waals surface area contributed by atoms with E-state index in [1.54, 1.807) is 4.90 Å². The van der Waals surface area contributed by atoms with E-state index in [1.807, 2.05) is 4.90 Å². The van der Waals surface area contributed by atoms with Crippen LogP contribution in [0.25, 0.3) is 0 Å². The molecule has 26 heavy (non-hydrogen) atoms. The molecule has 2 fully saturated rings. The summed E-state index contributed by atoms with van der Waals surface area (Å²) in [5, 5.41) is 14.5. The highest BCUT2D eigenvalue weighted by Gasteiger charge is 2.34. The van der Waals surface area contributed by atoms with Crippen LogP contribution in [0.3, 0.4) is 0 Å². The molecule has 1 aromatic rings. The first-order valence-electron chi connectivity index (χ1n) is 8.61. The quantitative estimate of drug-likeness (QED) is 0.561. The van der Waals surface area contributed by atoms with E-state index in [2.05, 4.69) is 5.10 Å². The van der Waals surface area contributed by atoms with Gasteiger partial charge in [0, 0.05) is 32.7 Å². The first-order valence-corrected chi connectivity index (χ1v) is 8.61. The van der Waals surface area contributed by atoms with Gasteiger partial charge in [-0.2, -0.15) is 5.10 Å². The highest BCUT2D eigenvalue weighted by Crippen LogP contribution is 2.30. The van der Waals surface area contributed by atoms with Crippen LogP contribution in [0.5, 0.6) is 0 Å². The molecule has 3 heterocycles. The van der Waals surface area contributed by atoms with Crippen LogP contribution in [-0.4, -0.2) is 69.9 Å². The summed E-state index contributed by atoms with van der Waals surface area (Å²) in [7, 11) is 0. The molecule has 0 aromatic carbocycles. The van der Waals surface area contributed by atoms with E-state index in [1.165, 1.54) is 4.68 Å². The Morgan fingerprint density at radius 2 is 2.04 bits per heavy atom. The Labute approximate surface area is 148 Å². The van der Waals surface area contributed by atoms with Crippen molar-refractivity contribution in [2.24, 2.45) is 0 Å². The summed E-state index contributed by atoms with van der Waals surface area (Å²) in [6, 6.07) is -0.195. The normalized spacial score (nSPS) is 18.8. The van der Waals surface area contributed by atoms with Gasteiger partial charge in [-0.25, -0.2) is 13.6 Å². The molecule has 9 nitrogen and oxygen atoms in total. The SMILES string of the molecule is O=C(OCCN1CC(n2cc([N+](=O)[O-])c(C(F)F)n2)C1)N1CCCCC1. The van der Waals surface area contributed by atoms with Gasteiger partial charge >= 0.3 is 11.8 Å². The third-order valence-electron chi connectivity index (χ3n) is 4.70. The van der Waals surface area contributed by atoms with E-state index in [9.17, 15) is 23.7 Å². The monoisotopic (exact) mass is 373 g/mol. The zero-order chi connectivity index (χ0) is 18.7. The van der Waals surface area contributed by atoms with Crippen LogP contribution < -0.4 is 0 Å². The Morgan fingerprint density at radius 3 is 2.62 bits per heavy atom. The minimum absolute atomic E-state index is 0.195. The number of amides is 1. The number of halogens is 2. The molecule has 0 unspecified atom stereocenters. The minimum Gasteiger partial charge on any atom is -0.448 e. The molecular weight excluding hydrogens is 352 g/mol. The van der Waals surface area contributed by atoms with Crippen LogP contribution in [0, 0.1) is 10.1 Å². The van der Waals surface area contributed by atoms with E-state index < -0.39 is 22.7 Å². The number of ether oxygens (including phenoxy) is 1. The van der Waals surface area contributed by atoms with Gasteiger partial charge in [-0.05, 0) is 19.3 Å². The summed E-state index contributed by atoms with van der Waals surface area (Å²) in [4.78, 5) is 25.5. The number of aromatic nitrogens is 2. The molecule has 3 rings (SSSR count). The van der Waals surface area contributed by atoms with Crippen molar-refractivity contribution in [3.8, 4) is 0 Å². The second-order valence-electron chi connectivity index (χ2n) is 6.51. The van der Waals surface area contributed by atoms with Gasteiger partial charge in [0.1, 0.15) is 12.8 Å². The number of carbonyl (C=O) groups excluding carboxylic acids is 1. The van der Waals surface area contributed by atoms with E-state index in [4.69, 9.17) is 4.74 Å². The molecule has 0 N–H and O–H groups in total. The lowest BCUT2D eigenvalue weighted by Gasteiger charge is -2.38. The van der Waals surface area contributed by atoms with Crippen LogP contribution in [0.1, 0.15) is 37.4 Å². The van der Waals surface area contributed by atoms with Crippen LogP contribution in [-0.2, 0) is 4.74 Å². The maximum absolute atomic E-state index is 12.8. The van der Waals surface area contributed by atoms with Crippen molar-refractivity contribution in [3.05, 3.63) is 22.0 Å². The summed E-state index contributed by atoms with van der Waals surface area (Å²) in [6.07, 6.45) is 0.907. The molecule has 2 saturated heterocycles. The van der Waals surface area contributed by atoms with E-state index in [-0.39, 0.29) is 18.7 Å². The molecule has 0 saturated carbocycles. The zero-order valence-corrected chi connectivity index (χ0v) is 14.2. The summed E-state index contributed by atoms with van der Waals surface area (Å²) in [5.74, 6) is 0. The Kier molecular flexibility index (Phi) is 5.64. The molecule has 1 amide bonds. The average molecular weight is 373 g/mol. The Balaban J connectivity index is 1.42. The molecule has 2 aliphatic heterocycles. The van der Waals surface area contributed by atoms with Gasteiger partial charge in [0.15, 0.2) is 0 Å². The number of likely N-dealkylation sites (tertiary alicyclic amines) is 2. The molecule has 1 aromatic heterocycles. The van der Waals surface area contributed by atoms with Gasteiger partial charge in [-0.1, -0.05) is 0 Å². The van der Waals surface area contributed by atoms with E-state index in [0.29, 0.717) is 19.6 Å². The molecule has 0 aliphatic carbocycles. The molecule has 0 atom stereocenters. The van der Waals surface area contributed by atoms with Crippen molar-refractivity contribution < 1.29 is 23.2 Å². The van der Waals surface area contributed by atoms with Crippen molar-refractivity contribution in [3.63, 3.8) is 0 Å². The van der Waals surface area contributed by atoms with Crippen molar-refractivity contribution in [2.75, 3.05) is 39.3 Å². The molecule has 0 radical (unpaired) electrons. The molecule has 144 valence electrons. The lowest BCUT2D eigenvalue weighted by molar-refractivity contribution is -0.386. The van der Waals surface area contributed by atoms with Crippen LogP contribution >= 0.6 is 0 Å². The van der Waals surface area contributed by atoms with Crippen molar-refractivity contribution in [1.82, 2.24) is 19.6 Å². The Bertz CT molecular complexity index is 656. The third-order valence-corrected chi connectivity index (χ3v) is 4.70. The molecule has 0 spiro atoms. The fraction of sp³-hybridized carbons (Fsp3) is 0.733. The van der Waals surface area contributed by atoms with E-state index in [0.717, 1.165) is 38.5 Å². The van der Waals surface area contributed by atoms with Gasteiger partial charge in [-0.15, -0.1) is 0 Å². The van der Waals surface area contributed by atoms with E-state index >= 15 is 0 Å². The smallest absolute Gasteiger partial charge is 0.409 e. The highest BCUT2D eigenvalue weighted by atomic mass is 19.3. The second kappa shape index (κ2) is 7.94. The first-order chi connectivity index (χ1) is 12.5. The standard InChI is InChI=1S/C15H21F2N5O4/c16-14(17)13-12(22(24)25)10-21(18-13)11-8-19(9-11)6-7-26-15(23)20-4-2-1-3-5-20/h10-11,14H,1-9H2. The Morgan fingerprint density at radius 1 is 1.35 bits per heavy atom. The maximum atomic E-state index is 12.8. The minimum atomic E-state index is -2.98. The summed E-state index contributed by atoms with van der Waals surface area (Å²) in [6.45, 7) is 3.28. The first kappa shape index (κ1) is 18.5. The summed E-state index contributed by atoms with van der Waals surface area (Å²) < 4.78 is 32.1. The number of alkyl halides is 2. The predicted octanol–water partition coefficient (Wildman–Crippen LogP) is 2.21. The van der Waals surface area contributed by atoms with Crippen molar-refractivity contribution >= 4 is 11.8 Å². The fourth-order valence-corrected chi connectivity index (χ4v) is 3.20. The highest BCUT2D eigenvalue weighted by molar-refractivity contribution is 5.67. The average Bonchev–Trinajstić information content (AvgIpc) is 3.03. The maximum Gasteiger partial charge on any atom is 0.409 e. The zero-order valence-electron chi connectivity index (χ0n) is 14.2. The number of carbonyl (C=O) groups is 1. The topological polar surface area (TPSA) is 93.7 Å². The van der Waals surface area contributed by atoms with Crippen LogP contribution in [0.4, 0.5) is 19.3 Å². The number of nitrogens with zero attached hydrogens (tertiary/aromatic N) is 5. The van der Waals surface area contributed by atoms with Gasteiger partial charge in [0.2, 0.25) is 5.69 Å². The van der Waals surface area contributed by atoms with Gasteiger partial charge in [-0.3, -0.25) is 19.7 Å². The lowest BCUT2D eigenvalue weighted by atomic mass is 10.1. The summed E-state index contributed by atoms with van der Waals surface area (Å²) in [5.41, 5.74) is -1.46. The number of nitro groups is 1. The van der Waals surface area contributed by atoms with Gasteiger partial charge < -0.3 is 9.64 Å². The van der Waals surface area contributed by atoms with Gasteiger partial charge in [0.05, 0.1) is 11.0 Å². The van der Waals surface area contributed by atoms with Crippen LogP contribution in [0.2, 0.25) is 0 Å². The number of piperidine rings is 1. The second-order valence-corrected chi connectivity index (χ2v) is 6.51. The van der Waals surface area contributed by atoms with Crippen molar-refractivity contribution in [1.29, 1.82) is 0 Å².